The number of ether oxygens (including phenoxy) is 1. The monoisotopic (exact) mass is 393 g/mol. The van der Waals surface area contributed by atoms with E-state index < -0.39 is 0 Å². The molecule has 0 spiro atoms. The number of thioether (sulfide) groups is 1. The third-order valence-corrected chi connectivity index (χ3v) is 5.88. The van der Waals surface area contributed by atoms with Gasteiger partial charge in [0.25, 0.3) is 5.56 Å². The molecule has 144 valence electrons. The molecule has 4 aromatic rings. The first kappa shape index (κ1) is 18.8. The summed E-state index contributed by atoms with van der Waals surface area (Å²) in [6.07, 6.45) is 0. The van der Waals surface area contributed by atoms with Gasteiger partial charge in [-0.05, 0) is 44.0 Å². The van der Waals surface area contributed by atoms with Crippen molar-refractivity contribution in [1.29, 1.82) is 0 Å². The normalized spacial score (nSPS) is 11.5. The number of aromatic amines is 1. The van der Waals surface area contributed by atoms with Gasteiger partial charge in [-0.2, -0.15) is 0 Å². The molecule has 4 rings (SSSR count). The van der Waals surface area contributed by atoms with Crippen LogP contribution in [0.4, 0.5) is 0 Å². The number of rotatable bonds is 6. The summed E-state index contributed by atoms with van der Waals surface area (Å²) < 4.78 is 7.21. The van der Waals surface area contributed by atoms with Crippen LogP contribution in [0, 0.1) is 13.8 Å². The van der Waals surface area contributed by atoms with Crippen LogP contribution in [0.25, 0.3) is 27.6 Å². The molecule has 28 heavy (non-hydrogen) atoms. The Morgan fingerprint density at radius 3 is 2.79 bits per heavy atom. The number of hydrogen-bond acceptors (Lipinski definition) is 4. The quantitative estimate of drug-likeness (QED) is 0.295. The van der Waals surface area contributed by atoms with Crippen LogP contribution in [-0.4, -0.2) is 33.5 Å². The lowest BCUT2D eigenvalue weighted by molar-refractivity contribution is 0.164. The van der Waals surface area contributed by atoms with E-state index in [9.17, 15) is 4.79 Å². The molecule has 0 saturated heterocycles. The molecule has 0 bridgehead atoms. The molecule has 2 aromatic carbocycles. The van der Waals surface area contributed by atoms with E-state index in [4.69, 9.17) is 9.72 Å². The number of aromatic nitrogens is 3. The Balaban J connectivity index is 1.97. The van der Waals surface area contributed by atoms with Crippen LogP contribution in [0.2, 0.25) is 0 Å². The molecule has 0 aliphatic heterocycles. The van der Waals surface area contributed by atoms with Gasteiger partial charge in [0.1, 0.15) is 11.0 Å². The number of nitrogens with zero attached hydrogens (tertiary/aromatic N) is 2. The predicted octanol–water partition coefficient (Wildman–Crippen LogP) is 4.61. The van der Waals surface area contributed by atoms with E-state index >= 15 is 0 Å². The minimum Gasteiger partial charge on any atom is -0.381 e. The summed E-state index contributed by atoms with van der Waals surface area (Å²) in [7, 11) is 0. The highest BCUT2D eigenvalue weighted by atomic mass is 32.2. The molecular formula is C22H23N3O2S. The van der Waals surface area contributed by atoms with Crippen LogP contribution in [0.1, 0.15) is 18.1 Å². The lowest BCUT2D eigenvalue weighted by atomic mass is 10.1. The molecule has 1 N–H and O–H groups in total. The van der Waals surface area contributed by atoms with Crippen molar-refractivity contribution in [2.24, 2.45) is 0 Å². The molecule has 6 heteroatoms. The van der Waals surface area contributed by atoms with E-state index in [0.717, 1.165) is 39.0 Å². The fraction of sp³-hybridized carbons (Fsp3) is 0.273. The number of benzene rings is 2. The van der Waals surface area contributed by atoms with Crippen LogP contribution in [0.15, 0.2) is 52.4 Å². The van der Waals surface area contributed by atoms with Crippen LogP contribution in [0.5, 0.6) is 0 Å². The minimum atomic E-state index is -0.0752. The summed E-state index contributed by atoms with van der Waals surface area (Å²) in [4.78, 5) is 21.7. The molecule has 0 unspecified atom stereocenters. The van der Waals surface area contributed by atoms with E-state index in [1.54, 1.807) is 16.3 Å². The molecule has 0 atom stereocenters. The Hall–Kier alpha value is -2.57. The Labute approximate surface area is 167 Å². The molecule has 0 aliphatic rings. The second kappa shape index (κ2) is 7.81. The van der Waals surface area contributed by atoms with Crippen molar-refractivity contribution in [3.63, 3.8) is 0 Å². The van der Waals surface area contributed by atoms with Gasteiger partial charge in [0.2, 0.25) is 0 Å². The van der Waals surface area contributed by atoms with E-state index in [0.29, 0.717) is 23.9 Å². The second-order valence-electron chi connectivity index (χ2n) is 6.69. The highest BCUT2D eigenvalue weighted by Gasteiger charge is 2.18. The SMILES string of the molecule is CCOCCSc1nc2c([nH]c3ccccc32)c(=O)n1-c1cccc(C)c1C. The minimum absolute atomic E-state index is 0.0752. The summed E-state index contributed by atoms with van der Waals surface area (Å²) in [5.41, 5.74) is 5.20. The molecule has 0 fully saturated rings. The molecule has 2 heterocycles. The number of hydrogen-bond donors (Lipinski definition) is 1. The van der Waals surface area contributed by atoms with Gasteiger partial charge in [0, 0.05) is 23.3 Å². The summed E-state index contributed by atoms with van der Waals surface area (Å²) in [6, 6.07) is 13.9. The molecule has 0 aliphatic carbocycles. The molecule has 0 radical (unpaired) electrons. The van der Waals surface area contributed by atoms with Crippen molar-refractivity contribution in [2.45, 2.75) is 25.9 Å². The summed E-state index contributed by atoms with van der Waals surface area (Å²) >= 11 is 1.55. The molecule has 0 saturated carbocycles. The van der Waals surface area contributed by atoms with Crippen molar-refractivity contribution in [3.05, 3.63) is 63.9 Å². The third kappa shape index (κ3) is 3.23. The number of nitrogens with one attached hydrogen (secondary N) is 1. The maximum atomic E-state index is 13.5. The lowest BCUT2D eigenvalue weighted by Gasteiger charge is -2.15. The summed E-state index contributed by atoms with van der Waals surface area (Å²) in [6.45, 7) is 7.38. The van der Waals surface area contributed by atoms with Crippen molar-refractivity contribution < 1.29 is 4.74 Å². The lowest BCUT2D eigenvalue weighted by Crippen LogP contribution is -2.23. The van der Waals surface area contributed by atoms with Crippen molar-refractivity contribution >= 4 is 33.7 Å². The molecule has 5 nitrogen and oxygen atoms in total. The zero-order valence-electron chi connectivity index (χ0n) is 16.3. The topological polar surface area (TPSA) is 59.9 Å². The van der Waals surface area contributed by atoms with Gasteiger partial charge >= 0.3 is 0 Å². The Morgan fingerprint density at radius 1 is 1.14 bits per heavy atom. The third-order valence-electron chi connectivity index (χ3n) is 4.97. The van der Waals surface area contributed by atoms with E-state index in [1.165, 1.54) is 0 Å². The largest absolute Gasteiger partial charge is 0.381 e. The van der Waals surface area contributed by atoms with Crippen LogP contribution in [-0.2, 0) is 4.74 Å². The molecular weight excluding hydrogens is 370 g/mol. The van der Waals surface area contributed by atoms with Crippen LogP contribution in [0.3, 0.4) is 0 Å². The molecule has 2 aromatic heterocycles. The average Bonchev–Trinajstić information content (AvgIpc) is 3.07. The van der Waals surface area contributed by atoms with Crippen molar-refractivity contribution in [1.82, 2.24) is 14.5 Å². The van der Waals surface area contributed by atoms with Crippen molar-refractivity contribution in [2.75, 3.05) is 19.0 Å². The van der Waals surface area contributed by atoms with Gasteiger partial charge in [0.15, 0.2) is 5.16 Å². The maximum Gasteiger partial charge on any atom is 0.283 e. The number of aryl methyl sites for hydroxylation is 1. The Bertz CT molecular complexity index is 1210. The Morgan fingerprint density at radius 2 is 1.96 bits per heavy atom. The van der Waals surface area contributed by atoms with Crippen LogP contribution >= 0.6 is 11.8 Å². The number of fused-ring (bicyclic) bond motifs is 3. The fourth-order valence-electron chi connectivity index (χ4n) is 3.37. The zero-order chi connectivity index (χ0) is 19.7. The van der Waals surface area contributed by atoms with E-state index in [1.807, 2.05) is 50.2 Å². The zero-order valence-corrected chi connectivity index (χ0v) is 17.1. The number of H-pyrrole nitrogens is 1. The second-order valence-corrected chi connectivity index (χ2v) is 7.76. The van der Waals surface area contributed by atoms with E-state index in [2.05, 4.69) is 18.0 Å². The van der Waals surface area contributed by atoms with E-state index in [-0.39, 0.29) is 5.56 Å². The van der Waals surface area contributed by atoms with Gasteiger partial charge < -0.3 is 9.72 Å². The summed E-state index contributed by atoms with van der Waals surface area (Å²) in [5.74, 6) is 0.735. The maximum absolute atomic E-state index is 13.5. The van der Waals surface area contributed by atoms with Gasteiger partial charge in [-0.1, -0.05) is 42.1 Å². The number of para-hydroxylation sites is 1. The standard InChI is InChI=1S/C22H23N3O2S/c1-4-27-12-13-28-22-24-19-16-9-5-6-10-17(16)23-20(19)21(26)25(22)18-11-7-8-14(2)15(18)3/h5-11,23H,4,12-13H2,1-3H3. The van der Waals surface area contributed by atoms with Gasteiger partial charge in [-0.25, -0.2) is 4.98 Å². The summed E-state index contributed by atoms with van der Waals surface area (Å²) in [5, 5.41) is 1.66. The molecule has 0 amide bonds. The van der Waals surface area contributed by atoms with Crippen molar-refractivity contribution in [3.8, 4) is 5.69 Å². The fourth-order valence-corrected chi connectivity index (χ4v) is 4.22. The first-order chi connectivity index (χ1) is 13.6. The Kier molecular flexibility index (Phi) is 5.24. The smallest absolute Gasteiger partial charge is 0.283 e. The van der Waals surface area contributed by atoms with Gasteiger partial charge in [-0.15, -0.1) is 0 Å². The highest BCUT2D eigenvalue weighted by molar-refractivity contribution is 7.99. The van der Waals surface area contributed by atoms with Crippen LogP contribution < -0.4 is 5.56 Å². The predicted molar refractivity (Wildman–Crippen MR) is 116 cm³/mol. The van der Waals surface area contributed by atoms with Gasteiger partial charge in [-0.3, -0.25) is 9.36 Å². The first-order valence-corrected chi connectivity index (χ1v) is 10.4. The first-order valence-electron chi connectivity index (χ1n) is 9.42. The average molecular weight is 394 g/mol. The highest BCUT2D eigenvalue weighted by Crippen LogP contribution is 2.27. The van der Waals surface area contributed by atoms with Gasteiger partial charge in [0.05, 0.1) is 12.3 Å².